The summed E-state index contributed by atoms with van der Waals surface area (Å²) in [6, 6.07) is 13.3. The van der Waals surface area contributed by atoms with Crippen LogP contribution in [0.5, 0.6) is 0 Å². The Morgan fingerprint density at radius 3 is 2.86 bits per heavy atom. The second-order valence-electron chi connectivity index (χ2n) is 4.26. The van der Waals surface area contributed by atoms with Gasteiger partial charge in [0.1, 0.15) is 11.2 Å². The van der Waals surface area contributed by atoms with Crippen molar-refractivity contribution >= 4 is 28.1 Å². The summed E-state index contributed by atoms with van der Waals surface area (Å²) in [5, 5.41) is 2.66. The summed E-state index contributed by atoms with van der Waals surface area (Å²) >= 11 is 3.30. The molecule has 0 bridgehead atoms. The Morgan fingerprint density at radius 1 is 1.29 bits per heavy atom. The Balaban J connectivity index is 1.69. The highest BCUT2D eigenvalue weighted by Crippen LogP contribution is 2.09. The number of carbonyl (C=O) groups is 1. The number of ether oxygens (including phenoxy) is 1. The third-order valence-electron chi connectivity index (χ3n) is 2.64. The van der Waals surface area contributed by atoms with E-state index < -0.39 is 6.09 Å². The van der Waals surface area contributed by atoms with E-state index in [9.17, 15) is 4.79 Å². The predicted octanol–water partition coefficient (Wildman–Crippen LogP) is 3.78. The summed E-state index contributed by atoms with van der Waals surface area (Å²) in [4.78, 5) is 15.5. The number of alkyl carbamates (subject to hydrolysis) is 1. The Bertz CT molecular complexity index is 615. The van der Waals surface area contributed by atoms with Gasteiger partial charge in [-0.05, 0) is 39.2 Å². The standard InChI is InChI=1S/C16H15BrN2O2/c17-15-11-13(8-10-18-15)7-4-9-19-16(20)21-12-14-5-2-1-3-6-14/h1-8,10-11H,9,12H2,(H,19,20). The van der Waals surface area contributed by atoms with Crippen molar-refractivity contribution in [3.8, 4) is 0 Å². The fraction of sp³-hybridized carbons (Fsp3) is 0.125. The average molecular weight is 347 g/mol. The molecule has 0 aliphatic heterocycles. The number of rotatable bonds is 5. The summed E-state index contributed by atoms with van der Waals surface area (Å²) < 4.78 is 5.88. The number of halogens is 1. The van der Waals surface area contributed by atoms with Crippen LogP contribution < -0.4 is 5.32 Å². The van der Waals surface area contributed by atoms with E-state index in [4.69, 9.17) is 4.74 Å². The predicted molar refractivity (Wildman–Crippen MR) is 85.6 cm³/mol. The topological polar surface area (TPSA) is 51.2 Å². The van der Waals surface area contributed by atoms with Gasteiger partial charge >= 0.3 is 6.09 Å². The molecule has 0 spiro atoms. The van der Waals surface area contributed by atoms with Gasteiger partial charge in [0.2, 0.25) is 0 Å². The monoisotopic (exact) mass is 346 g/mol. The first-order chi connectivity index (χ1) is 10.2. The highest BCUT2D eigenvalue weighted by Gasteiger charge is 2.00. The van der Waals surface area contributed by atoms with Gasteiger partial charge < -0.3 is 10.1 Å². The molecule has 4 nitrogen and oxygen atoms in total. The van der Waals surface area contributed by atoms with E-state index in [0.29, 0.717) is 6.54 Å². The van der Waals surface area contributed by atoms with Crippen LogP contribution in [0.15, 0.2) is 59.3 Å². The summed E-state index contributed by atoms with van der Waals surface area (Å²) in [6.45, 7) is 0.682. The summed E-state index contributed by atoms with van der Waals surface area (Å²) in [5.74, 6) is 0. The Labute approximate surface area is 132 Å². The SMILES string of the molecule is O=C(NCC=Cc1ccnc(Br)c1)OCc1ccccc1. The first-order valence-electron chi connectivity index (χ1n) is 6.47. The summed E-state index contributed by atoms with van der Waals surface area (Å²) in [7, 11) is 0. The number of amides is 1. The fourth-order valence-corrected chi connectivity index (χ4v) is 2.02. The molecule has 0 radical (unpaired) electrons. The third-order valence-corrected chi connectivity index (χ3v) is 3.07. The molecule has 0 saturated heterocycles. The lowest BCUT2D eigenvalue weighted by Crippen LogP contribution is -2.24. The molecule has 5 heteroatoms. The van der Waals surface area contributed by atoms with Crippen LogP contribution in [0.25, 0.3) is 6.08 Å². The van der Waals surface area contributed by atoms with Gasteiger partial charge in [-0.1, -0.05) is 42.5 Å². The molecule has 2 rings (SSSR count). The molecule has 0 fully saturated rings. The van der Waals surface area contributed by atoms with Gasteiger partial charge in [0, 0.05) is 12.7 Å². The molecule has 0 aliphatic carbocycles. The molecular weight excluding hydrogens is 332 g/mol. The van der Waals surface area contributed by atoms with E-state index in [1.165, 1.54) is 0 Å². The van der Waals surface area contributed by atoms with Crippen molar-refractivity contribution in [2.75, 3.05) is 6.54 Å². The van der Waals surface area contributed by atoms with Crippen molar-refractivity contribution in [1.82, 2.24) is 10.3 Å². The molecule has 21 heavy (non-hydrogen) atoms. The molecule has 1 aromatic carbocycles. The third kappa shape index (κ3) is 5.79. The van der Waals surface area contributed by atoms with Crippen LogP contribution in [-0.2, 0) is 11.3 Å². The maximum Gasteiger partial charge on any atom is 0.407 e. The minimum atomic E-state index is -0.431. The van der Waals surface area contributed by atoms with Gasteiger partial charge in [-0.3, -0.25) is 0 Å². The van der Waals surface area contributed by atoms with Crippen LogP contribution in [0, 0.1) is 0 Å². The minimum absolute atomic E-state index is 0.272. The number of aromatic nitrogens is 1. The Kier molecular flexibility index (Phi) is 5.97. The molecule has 108 valence electrons. The van der Waals surface area contributed by atoms with Crippen molar-refractivity contribution in [2.24, 2.45) is 0 Å². The van der Waals surface area contributed by atoms with Crippen LogP contribution in [-0.4, -0.2) is 17.6 Å². The van der Waals surface area contributed by atoms with Crippen molar-refractivity contribution < 1.29 is 9.53 Å². The van der Waals surface area contributed by atoms with E-state index in [1.807, 2.05) is 54.6 Å². The number of hydrogen-bond acceptors (Lipinski definition) is 3. The largest absolute Gasteiger partial charge is 0.445 e. The zero-order valence-corrected chi connectivity index (χ0v) is 12.9. The van der Waals surface area contributed by atoms with Crippen molar-refractivity contribution in [2.45, 2.75) is 6.61 Å². The van der Waals surface area contributed by atoms with E-state index >= 15 is 0 Å². The molecule has 0 aliphatic rings. The zero-order chi connectivity index (χ0) is 14.9. The lowest BCUT2D eigenvalue weighted by atomic mass is 10.2. The van der Waals surface area contributed by atoms with Crippen LogP contribution in [0.1, 0.15) is 11.1 Å². The summed E-state index contributed by atoms with van der Waals surface area (Å²) in [5.41, 5.74) is 1.97. The van der Waals surface area contributed by atoms with Crippen molar-refractivity contribution in [1.29, 1.82) is 0 Å². The van der Waals surface area contributed by atoms with Gasteiger partial charge in [-0.2, -0.15) is 0 Å². The molecule has 1 N–H and O–H groups in total. The average Bonchev–Trinajstić information content (AvgIpc) is 2.51. The van der Waals surface area contributed by atoms with Crippen LogP contribution in [0.2, 0.25) is 0 Å². The molecule has 2 aromatic rings. The maximum atomic E-state index is 11.5. The summed E-state index contributed by atoms with van der Waals surface area (Å²) in [6.07, 6.45) is 5.04. The minimum Gasteiger partial charge on any atom is -0.445 e. The molecule has 0 unspecified atom stereocenters. The number of nitrogens with zero attached hydrogens (tertiary/aromatic N) is 1. The van der Waals surface area contributed by atoms with E-state index in [2.05, 4.69) is 26.2 Å². The van der Waals surface area contributed by atoms with E-state index in [1.54, 1.807) is 6.20 Å². The van der Waals surface area contributed by atoms with E-state index in [0.717, 1.165) is 15.7 Å². The highest BCUT2D eigenvalue weighted by molar-refractivity contribution is 9.10. The van der Waals surface area contributed by atoms with Crippen LogP contribution >= 0.6 is 15.9 Å². The van der Waals surface area contributed by atoms with Crippen molar-refractivity contribution in [3.63, 3.8) is 0 Å². The number of carbonyl (C=O) groups excluding carboxylic acids is 1. The fourth-order valence-electron chi connectivity index (χ4n) is 1.63. The normalized spacial score (nSPS) is 10.5. The van der Waals surface area contributed by atoms with Crippen LogP contribution in [0.4, 0.5) is 4.79 Å². The van der Waals surface area contributed by atoms with Gasteiger partial charge in [0.05, 0.1) is 0 Å². The quantitative estimate of drug-likeness (QED) is 0.838. The second kappa shape index (κ2) is 8.21. The number of nitrogens with one attached hydrogen (secondary N) is 1. The lowest BCUT2D eigenvalue weighted by Gasteiger charge is -2.05. The van der Waals surface area contributed by atoms with Gasteiger partial charge in [0.25, 0.3) is 0 Å². The second-order valence-corrected chi connectivity index (χ2v) is 5.07. The molecule has 0 atom stereocenters. The lowest BCUT2D eigenvalue weighted by molar-refractivity contribution is 0.141. The van der Waals surface area contributed by atoms with Gasteiger partial charge in [0.15, 0.2) is 0 Å². The van der Waals surface area contributed by atoms with Gasteiger partial charge in [-0.15, -0.1) is 0 Å². The molecular formula is C16H15BrN2O2. The first-order valence-corrected chi connectivity index (χ1v) is 7.26. The Morgan fingerprint density at radius 2 is 2.10 bits per heavy atom. The van der Waals surface area contributed by atoms with Gasteiger partial charge in [-0.25, -0.2) is 9.78 Å². The maximum absolute atomic E-state index is 11.5. The number of pyridine rings is 1. The number of hydrogen-bond donors (Lipinski definition) is 1. The molecule has 1 aromatic heterocycles. The molecule has 1 heterocycles. The molecule has 1 amide bonds. The first kappa shape index (κ1) is 15.3. The van der Waals surface area contributed by atoms with Crippen molar-refractivity contribution in [3.05, 3.63) is 70.5 Å². The smallest absolute Gasteiger partial charge is 0.407 e. The zero-order valence-electron chi connectivity index (χ0n) is 11.3. The van der Waals surface area contributed by atoms with E-state index in [-0.39, 0.29) is 6.61 Å². The number of benzene rings is 1. The highest BCUT2D eigenvalue weighted by atomic mass is 79.9. The van der Waals surface area contributed by atoms with Crippen LogP contribution in [0.3, 0.4) is 0 Å². The Hall–Kier alpha value is -2.14. The molecule has 0 saturated carbocycles.